The summed E-state index contributed by atoms with van der Waals surface area (Å²) in [7, 11) is 0. The second-order valence-corrected chi connectivity index (χ2v) is 5.81. The topological polar surface area (TPSA) is 60.8 Å². The summed E-state index contributed by atoms with van der Waals surface area (Å²) in [6.45, 7) is 1.91. The molecule has 4 atom stereocenters. The monoisotopic (exact) mass is 279 g/mol. The first kappa shape index (κ1) is 13.4. The third-order valence-corrected chi connectivity index (χ3v) is 4.79. The molecule has 0 aromatic heterocycles. The van der Waals surface area contributed by atoms with E-state index in [9.17, 15) is 19.4 Å². The van der Waals surface area contributed by atoms with E-state index in [0.29, 0.717) is 12.0 Å². The molecule has 108 valence electrons. The van der Waals surface area contributed by atoms with Gasteiger partial charge in [-0.1, -0.05) is 6.07 Å². The lowest BCUT2D eigenvalue weighted by Crippen LogP contribution is -2.35. The molecular formula is C15H18FNO3. The number of nitrogens with zero attached hydrogens (tertiary/aromatic N) is 1. The molecule has 0 amide bonds. The van der Waals surface area contributed by atoms with Crippen LogP contribution in [0.5, 0.6) is 5.75 Å². The maximum Gasteiger partial charge on any atom is 0.308 e. The normalized spacial score (nSPS) is 30.6. The molecule has 4 nitrogen and oxygen atoms in total. The summed E-state index contributed by atoms with van der Waals surface area (Å²) in [5.41, 5.74) is 0.519. The second-order valence-electron chi connectivity index (χ2n) is 5.81. The van der Waals surface area contributed by atoms with Crippen LogP contribution in [-0.2, 0) is 4.79 Å². The van der Waals surface area contributed by atoms with Crippen molar-refractivity contribution in [2.24, 2.45) is 5.92 Å². The predicted octanol–water partition coefficient (Wildman–Crippen LogP) is 2.53. The van der Waals surface area contributed by atoms with Gasteiger partial charge in [0.15, 0.2) is 0 Å². The van der Waals surface area contributed by atoms with E-state index in [-0.39, 0.29) is 29.8 Å². The highest BCUT2D eigenvalue weighted by atomic mass is 19.1. The number of phenols is 1. The van der Waals surface area contributed by atoms with Crippen molar-refractivity contribution in [2.75, 3.05) is 0 Å². The van der Waals surface area contributed by atoms with Gasteiger partial charge in [0.2, 0.25) is 0 Å². The van der Waals surface area contributed by atoms with E-state index in [1.165, 1.54) is 6.07 Å². The van der Waals surface area contributed by atoms with Gasteiger partial charge < -0.3 is 10.2 Å². The molecule has 4 unspecified atom stereocenters. The largest absolute Gasteiger partial charge is 0.508 e. The number of fused-ring (bicyclic) bond motifs is 2. The van der Waals surface area contributed by atoms with E-state index in [2.05, 4.69) is 4.90 Å². The molecule has 0 aliphatic carbocycles. The predicted molar refractivity (Wildman–Crippen MR) is 70.9 cm³/mol. The molecule has 2 aliphatic heterocycles. The van der Waals surface area contributed by atoms with Crippen molar-refractivity contribution >= 4 is 5.97 Å². The molecule has 0 saturated carbocycles. The Morgan fingerprint density at radius 3 is 2.80 bits per heavy atom. The van der Waals surface area contributed by atoms with Gasteiger partial charge in [0.1, 0.15) is 11.6 Å². The summed E-state index contributed by atoms with van der Waals surface area (Å²) in [5, 5.41) is 18.5. The molecule has 2 N–H and O–H groups in total. The third-order valence-electron chi connectivity index (χ3n) is 4.79. The Balaban J connectivity index is 1.88. The number of benzene rings is 1. The summed E-state index contributed by atoms with van der Waals surface area (Å²) in [5.74, 6) is -1.61. The van der Waals surface area contributed by atoms with Crippen LogP contribution in [0.15, 0.2) is 18.2 Å². The fourth-order valence-electron chi connectivity index (χ4n) is 3.92. The second kappa shape index (κ2) is 4.74. The van der Waals surface area contributed by atoms with Gasteiger partial charge in [0, 0.05) is 29.8 Å². The van der Waals surface area contributed by atoms with E-state index in [4.69, 9.17) is 0 Å². The number of hydrogen-bond donors (Lipinski definition) is 2. The standard InChI is InChI=1S/C15H18FNO3/c1-8(11-4-3-10(18)7-13(11)16)17-9-2-5-14(17)12(6-9)15(19)20/h3-4,7-9,12,14,18H,2,5-6H2,1H3,(H,19,20). The van der Waals surface area contributed by atoms with Gasteiger partial charge in [0.25, 0.3) is 0 Å². The minimum absolute atomic E-state index is 0.000651. The number of hydrogen-bond acceptors (Lipinski definition) is 3. The molecule has 2 bridgehead atoms. The lowest BCUT2D eigenvalue weighted by molar-refractivity contribution is -0.142. The number of rotatable bonds is 3. The van der Waals surface area contributed by atoms with Gasteiger partial charge in [0.05, 0.1) is 5.92 Å². The molecule has 0 spiro atoms. The molecule has 0 radical (unpaired) electrons. The van der Waals surface area contributed by atoms with Crippen LogP contribution >= 0.6 is 0 Å². The Bertz CT molecular complexity index is 548. The molecule has 5 heteroatoms. The SMILES string of the molecule is CC(c1ccc(O)cc1F)N1C2CCC1C(C(=O)O)C2. The molecule has 1 aromatic rings. The zero-order valence-electron chi connectivity index (χ0n) is 11.3. The van der Waals surface area contributed by atoms with Crippen LogP contribution in [0.25, 0.3) is 0 Å². The number of aromatic hydroxyl groups is 1. The molecule has 1 aromatic carbocycles. The Kier molecular flexibility index (Phi) is 3.17. The van der Waals surface area contributed by atoms with Crippen LogP contribution in [-0.4, -0.2) is 33.2 Å². The molecule has 2 fully saturated rings. The molecule has 20 heavy (non-hydrogen) atoms. The number of carbonyl (C=O) groups is 1. The molecule has 2 heterocycles. The van der Waals surface area contributed by atoms with Crippen LogP contribution < -0.4 is 0 Å². The average Bonchev–Trinajstić information content (AvgIpc) is 2.95. The average molecular weight is 279 g/mol. The quantitative estimate of drug-likeness (QED) is 0.892. The van der Waals surface area contributed by atoms with Gasteiger partial charge in [-0.3, -0.25) is 9.69 Å². The number of carboxylic acid groups (broad SMARTS) is 1. The van der Waals surface area contributed by atoms with Crippen LogP contribution in [0.1, 0.15) is 37.8 Å². The maximum absolute atomic E-state index is 14.0. The fraction of sp³-hybridized carbons (Fsp3) is 0.533. The lowest BCUT2D eigenvalue weighted by Gasteiger charge is -2.30. The highest BCUT2D eigenvalue weighted by Gasteiger charge is 2.51. The number of phenolic OH excluding ortho intramolecular Hbond substituents is 1. The van der Waals surface area contributed by atoms with Crippen molar-refractivity contribution in [2.45, 2.75) is 44.3 Å². The number of carboxylic acids is 1. The molecular weight excluding hydrogens is 261 g/mol. The van der Waals surface area contributed by atoms with Crippen molar-refractivity contribution in [1.29, 1.82) is 0 Å². The van der Waals surface area contributed by atoms with Crippen molar-refractivity contribution in [3.05, 3.63) is 29.6 Å². The van der Waals surface area contributed by atoms with E-state index in [1.54, 1.807) is 6.07 Å². The van der Waals surface area contributed by atoms with Gasteiger partial charge in [-0.2, -0.15) is 0 Å². The Hall–Kier alpha value is -1.62. The van der Waals surface area contributed by atoms with Crippen LogP contribution in [0.4, 0.5) is 4.39 Å². The highest BCUT2D eigenvalue weighted by molar-refractivity contribution is 5.71. The summed E-state index contributed by atoms with van der Waals surface area (Å²) in [6, 6.07) is 4.23. The maximum atomic E-state index is 14.0. The van der Waals surface area contributed by atoms with E-state index < -0.39 is 11.8 Å². The van der Waals surface area contributed by atoms with Gasteiger partial charge in [-0.15, -0.1) is 0 Å². The summed E-state index contributed by atoms with van der Waals surface area (Å²) in [6.07, 6.45) is 2.51. The minimum Gasteiger partial charge on any atom is -0.508 e. The summed E-state index contributed by atoms with van der Waals surface area (Å²) < 4.78 is 14.0. The van der Waals surface area contributed by atoms with E-state index in [0.717, 1.165) is 18.9 Å². The van der Waals surface area contributed by atoms with E-state index in [1.807, 2.05) is 6.92 Å². The zero-order chi connectivity index (χ0) is 14.4. The first-order valence-electron chi connectivity index (χ1n) is 6.97. The Morgan fingerprint density at radius 1 is 1.45 bits per heavy atom. The van der Waals surface area contributed by atoms with Crippen molar-refractivity contribution in [1.82, 2.24) is 4.90 Å². The Morgan fingerprint density at radius 2 is 2.20 bits per heavy atom. The van der Waals surface area contributed by atoms with Crippen molar-refractivity contribution in [3.8, 4) is 5.75 Å². The fourth-order valence-corrected chi connectivity index (χ4v) is 3.92. The van der Waals surface area contributed by atoms with Gasteiger partial charge in [-0.05, 0) is 32.3 Å². The van der Waals surface area contributed by atoms with Crippen molar-refractivity contribution in [3.63, 3.8) is 0 Å². The third kappa shape index (κ3) is 1.97. The molecule has 3 rings (SSSR count). The minimum atomic E-state index is -0.749. The van der Waals surface area contributed by atoms with Crippen LogP contribution in [0, 0.1) is 11.7 Å². The Labute approximate surface area is 116 Å². The van der Waals surface area contributed by atoms with Gasteiger partial charge in [-0.25, -0.2) is 4.39 Å². The lowest BCUT2D eigenvalue weighted by atomic mass is 9.89. The zero-order valence-corrected chi connectivity index (χ0v) is 11.3. The number of halogens is 1. The number of aliphatic carboxylic acids is 1. The van der Waals surface area contributed by atoms with Crippen molar-refractivity contribution < 1.29 is 19.4 Å². The highest BCUT2D eigenvalue weighted by Crippen LogP contribution is 2.46. The molecule has 2 aliphatic rings. The first-order chi connectivity index (χ1) is 9.49. The summed E-state index contributed by atoms with van der Waals surface area (Å²) >= 11 is 0. The summed E-state index contributed by atoms with van der Waals surface area (Å²) in [4.78, 5) is 13.4. The van der Waals surface area contributed by atoms with Crippen LogP contribution in [0.2, 0.25) is 0 Å². The van der Waals surface area contributed by atoms with Gasteiger partial charge >= 0.3 is 5.97 Å². The van der Waals surface area contributed by atoms with E-state index >= 15 is 0 Å². The first-order valence-corrected chi connectivity index (χ1v) is 6.97. The molecule has 2 saturated heterocycles. The van der Waals surface area contributed by atoms with Crippen LogP contribution in [0.3, 0.4) is 0 Å². The smallest absolute Gasteiger partial charge is 0.308 e.